The first-order valence-corrected chi connectivity index (χ1v) is 12.0. The highest BCUT2D eigenvalue weighted by Crippen LogP contribution is 2.22. The highest BCUT2D eigenvalue weighted by molar-refractivity contribution is 9.10. The van der Waals surface area contributed by atoms with Gasteiger partial charge in [0.2, 0.25) is 5.91 Å². The molecule has 0 bridgehead atoms. The van der Waals surface area contributed by atoms with Gasteiger partial charge >= 0.3 is 0 Å². The molecule has 0 unspecified atom stereocenters. The van der Waals surface area contributed by atoms with Crippen molar-refractivity contribution >= 4 is 44.5 Å². The Morgan fingerprint density at radius 2 is 2.07 bits per heavy atom. The number of thioether (sulfide) groups is 1. The van der Waals surface area contributed by atoms with Gasteiger partial charge in [-0.25, -0.2) is 4.98 Å². The monoisotopic (exact) mass is 497 g/mol. The van der Waals surface area contributed by atoms with E-state index in [4.69, 9.17) is 14.5 Å². The van der Waals surface area contributed by atoms with Crippen LogP contribution in [0.5, 0.6) is 0 Å². The smallest absolute Gasteiger partial charge is 0.262 e. The summed E-state index contributed by atoms with van der Waals surface area (Å²) in [5.74, 6) is 0.271. The third-order valence-corrected chi connectivity index (χ3v) is 6.31. The first kappa shape index (κ1) is 23.2. The van der Waals surface area contributed by atoms with Crippen molar-refractivity contribution in [3.05, 3.63) is 33.0 Å². The lowest BCUT2D eigenvalue weighted by Crippen LogP contribution is -2.48. The maximum atomic E-state index is 13.1. The maximum Gasteiger partial charge on any atom is 0.262 e. The third-order valence-electron chi connectivity index (χ3n) is 4.85. The van der Waals surface area contributed by atoms with Crippen LogP contribution in [0.25, 0.3) is 10.9 Å². The van der Waals surface area contributed by atoms with Gasteiger partial charge < -0.3 is 14.4 Å². The second kappa shape index (κ2) is 10.7. The summed E-state index contributed by atoms with van der Waals surface area (Å²) in [6.45, 7) is 8.78. The maximum absolute atomic E-state index is 13.1. The second-order valence-corrected chi connectivity index (χ2v) is 9.27. The van der Waals surface area contributed by atoms with Gasteiger partial charge in [-0.2, -0.15) is 0 Å². The van der Waals surface area contributed by atoms with Crippen LogP contribution in [0.4, 0.5) is 0 Å². The van der Waals surface area contributed by atoms with Gasteiger partial charge in [0.1, 0.15) is 0 Å². The Balaban J connectivity index is 1.81. The second-order valence-electron chi connectivity index (χ2n) is 7.41. The molecule has 1 amide bonds. The zero-order chi connectivity index (χ0) is 21.7. The number of rotatable bonds is 8. The molecule has 1 fully saturated rings. The molecule has 7 nitrogen and oxygen atoms in total. The molecule has 0 N–H and O–H groups in total. The Hall–Kier alpha value is -1.42. The molecule has 2 heterocycles. The minimum atomic E-state index is -0.0960. The van der Waals surface area contributed by atoms with Gasteiger partial charge in [-0.3, -0.25) is 14.2 Å². The van der Waals surface area contributed by atoms with Crippen molar-refractivity contribution in [1.82, 2.24) is 14.5 Å². The van der Waals surface area contributed by atoms with E-state index in [0.717, 1.165) is 4.47 Å². The predicted molar refractivity (Wildman–Crippen MR) is 122 cm³/mol. The van der Waals surface area contributed by atoms with E-state index < -0.39 is 0 Å². The topological polar surface area (TPSA) is 73.7 Å². The number of benzene rings is 1. The molecule has 0 radical (unpaired) electrons. The molecule has 1 aromatic carbocycles. The number of carbonyl (C=O) groups excluding carboxylic acids is 1. The average Bonchev–Trinajstić information content (AvgIpc) is 2.70. The summed E-state index contributed by atoms with van der Waals surface area (Å²) >= 11 is 4.74. The summed E-state index contributed by atoms with van der Waals surface area (Å²) in [7, 11) is 0. The fraction of sp³-hybridized carbons (Fsp3) is 0.571. The van der Waals surface area contributed by atoms with Crippen LogP contribution >= 0.6 is 27.7 Å². The van der Waals surface area contributed by atoms with Crippen molar-refractivity contribution in [2.75, 3.05) is 32.1 Å². The lowest BCUT2D eigenvalue weighted by Gasteiger charge is -2.35. The average molecular weight is 498 g/mol. The molecular formula is C21H28BrN3O4S. The number of carbonyl (C=O) groups is 1. The molecule has 9 heteroatoms. The number of halogens is 1. The van der Waals surface area contributed by atoms with Crippen LogP contribution in [-0.2, 0) is 20.8 Å². The molecule has 3 rings (SSSR count). The fourth-order valence-electron chi connectivity index (χ4n) is 3.55. The highest BCUT2D eigenvalue weighted by atomic mass is 79.9. The van der Waals surface area contributed by atoms with Gasteiger partial charge in [-0.15, -0.1) is 0 Å². The predicted octanol–water partition coefficient (Wildman–Crippen LogP) is 3.31. The molecule has 1 aliphatic rings. The number of hydrogen-bond acceptors (Lipinski definition) is 6. The standard InChI is InChI=1S/C21H28BrN3O4S/c1-4-28-9-5-8-25-20(27)17-10-16(22)6-7-18(17)23-21(25)30-13-19(26)24-11-14(2)29-15(3)12-24/h6-7,10,14-15H,4-5,8-9,11-13H2,1-3H3/t14-,15+. The summed E-state index contributed by atoms with van der Waals surface area (Å²) in [4.78, 5) is 32.4. The van der Waals surface area contributed by atoms with Gasteiger partial charge in [0, 0.05) is 37.3 Å². The Kier molecular flexibility index (Phi) is 8.33. The van der Waals surface area contributed by atoms with Gasteiger partial charge in [0.15, 0.2) is 5.16 Å². The van der Waals surface area contributed by atoms with E-state index in [2.05, 4.69) is 15.9 Å². The van der Waals surface area contributed by atoms with Crippen molar-refractivity contribution in [2.24, 2.45) is 0 Å². The number of hydrogen-bond donors (Lipinski definition) is 0. The Bertz CT molecular complexity index is 942. The number of aromatic nitrogens is 2. The van der Waals surface area contributed by atoms with Crippen molar-refractivity contribution in [2.45, 2.75) is 51.1 Å². The molecule has 0 saturated carbocycles. The Morgan fingerprint density at radius 3 is 2.77 bits per heavy atom. The van der Waals surface area contributed by atoms with Crippen LogP contribution in [-0.4, -0.2) is 64.6 Å². The molecule has 2 atom stereocenters. The lowest BCUT2D eigenvalue weighted by molar-refractivity contribution is -0.140. The first-order chi connectivity index (χ1) is 14.4. The minimum absolute atomic E-state index is 0.0247. The molecule has 1 aromatic heterocycles. The van der Waals surface area contributed by atoms with Crippen LogP contribution in [0.2, 0.25) is 0 Å². The molecule has 0 aliphatic carbocycles. The van der Waals surface area contributed by atoms with Crippen LogP contribution in [0.1, 0.15) is 27.2 Å². The van der Waals surface area contributed by atoms with Gasteiger partial charge in [-0.05, 0) is 45.4 Å². The van der Waals surface area contributed by atoms with E-state index in [-0.39, 0.29) is 29.4 Å². The van der Waals surface area contributed by atoms with Crippen molar-refractivity contribution < 1.29 is 14.3 Å². The molecule has 1 aliphatic heterocycles. The van der Waals surface area contributed by atoms with Crippen LogP contribution in [0.15, 0.2) is 32.6 Å². The van der Waals surface area contributed by atoms with E-state index in [1.165, 1.54) is 11.8 Å². The van der Waals surface area contributed by atoms with Crippen LogP contribution < -0.4 is 5.56 Å². The van der Waals surface area contributed by atoms with E-state index >= 15 is 0 Å². The van der Waals surface area contributed by atoms with Gasteiger partial charge in [0.25, 0.3) is 5.56 Å². The van der Waals surface area contributed by atoms with Crippen molar-refractivity contribution in [3.63, 3.8) is 0 Å². The van der Waals surface area contributed by atoms with Gasteiger partial charge in [0.05, 0.1) is 28.9 Å². The first-order valence-electron chi connectivity index (χ1n) is 10.2. The summed E-state index contributed by atoms with van der Waals surface area (Å²) in [6.07, 6.45) is 0.753. The molecule has 1 saturated heterocycles. The van der Waals surface area contributed by atoms with Crippen molar-refractivity contribution in [3.8, 4) is 0 Å². The highest BCUT2D eigenvalue weighted by Gasteiger charge is 2.26. The normalized spacial score (nSPS) is 19.4. The van der Waals surface area contributed by atoms with Crippen LogP contribution in [0, 0.1) is 0 Å². The summed E-state index contributed by atoms with van der Waals surface area (Å²) in [6, 6.07) is 5.48. The van der Waals surface area contributed by atoms with E-state index in [0.29, 0.717) is 55.3 Å². The number of amides is 1. The largest absolute Gasteiger partial charge is 0.382 e. The number of fused-ring (bicyclic) bond motifs is 1. The number of morpholine rings is 1. The van der Waals surface area contributed by atoms with E-state index in [1.807, 2.05) is 37.8 Å². The van der Waals surface area contributed by atoms with E-state index in [9.17, 15) is 9.59 Å². The molecule has 164 valence electrons. The summed E-state index contributed by atoms with van der Waals surface area (Å²) in [5, 5.41) is 1.13. The zero-order valence-electron chi connectivity index (χ0n) is 17.6. The Morgan fingerprint density at radius 1 is 1.33 bits per heavy atom. The number of nitrogens with zero attached hydrogens (tertiary/aromatic N) is 3. The van der Waals surface area contributed by atoms with Gasteiger partial charge in [-0.1, -0.05) is 27.7 Å². The number of ether oxygens (including phenoxy) is 2. The zero-order valence-corrected chi connectivity index (χ0v) is 20.0. The molecule has 0 spiro atoms. The lowest BCUT2D eigenvalue weighted by atomic mass is 10.2. The third kappa shape index (κ3) is 5.84. The minimum Gasteiger partial charge on any atom is -0.382 e. The SMILES string of the molecule is CCOCCCn1c(SCC(=O)N2C[C@@H](C)O[C@@H](C)C2)nc2ccc(Br)cc2c1=O. The molecule has 30 heavy (non-hydrogen) atoms. The van der Waals surface area contributed by atoms with Crippen LogP contribution in [0.3, 0.4) is 0 Å². The van der Waals surface area contributed by atoms with Crippen molar-refractivity contribution in [1.29, 1.82) is 0 Å². The molecular weight excluding hydrogens is 470 g/mol. The summed E-state index contributed by atoms with van der Waals surface area (Å²) < 4.78 is 13.6. The quantitative estimate of drug-likeness (QED) is 0.316. The molecule has 2 aromatic rings. The fourth-order valence-corrected chi connectivity index (χ4v) is 4.84. The summed E-state index contributed by atoms with van der Waals surface area (Å²) in [5.41, 5.74) is 0.536. The Labute approximate surface area is 189 Å². The van der Waals surface area contributed by atoms with E-state index in [1.54, 1.807) is 10.6 Å².